The van der Waals surface area contributed by atoms with E-state index in [1.165, 1.54) is 49.7 Å². The van der Waals surface area contributed by atoms with Crippen LogP contribution in [0.2, 0.25) is 43.3 Å². The van der Waals surface area contributed by atoms with Crippen molar-refractivity contribution in [2.75, 3.05) is 13.1 Å². The molecule has 1 nitrogen and oxygen atoms in total. The molecule has 0 aliphatic rings. The third kappa shape index (κ3) is 6.90. The Labute approximate surface area is 117 Å². The van der Waals surface area contributed by atoms with Crippen LogP contribution in [0.25, 0.3) is 0 Å². The molecule has 0 aromatic heterocycles. The quantitative estimate of drug-likeness (QED) is 0.420. The van der Waals surface area contributed by atoms with Gasteiger partial charge in [0.15, 0.2) is 0 Å². The molecule has 0 spiro atoms. The lowest BCUT2D eigenvalue weighted by Gasteiger charge is -2.28. The zero-order valence-electron chi connectivity index (χ0n) is 13.4. The van der Waals surface area contributed by atoms with E-state index < -0.39 is 16.1 Å². The number of hydrogen-bond acceptors (Lipinski definition) is 1. The van der Waals surface area contributed by atoms with E-state index in [1.54, 1.807) is 0 Å². The van der Waals surface area contributed by atoms with E-state index in [2.05, 4.69) is 51.5 Å². The van der Waals surface area contributed by atoms with Gasteiger partial charge < -0.3 is 5.32 Å². The van der Waals surface area contributed by atoms with E-state index in [-0.39, 0.29) is 0 Å². The summed E-state index contributed by atoms with van der Waals surface area (Å²) >= 11 is 0. The maximum absolute atomic E-state index is 3.96. The van der Waals surface area contributed by atoms with Gasteiger partial charge in [0, 0.05) is 0 Å². The van der Waals surface area contributed by atoms with Crippen LogP contribution in [0.5, 0.6) is 0 Å². The van der Waals surface area contributed by atoms with Crippen LogP contribution in [0.15, 0.2) is 12.3 Å². The van der Waals surface area contributed by atoms with Crippen LogP contribution in [0.1, 0.15) is 27.2 Å². The summed E-state index contributed by atoms with van der Waals surface area (Å²) in [7, 11) is -1.95. The van der Waals surface area contributed by atoms with E-state index >= 15 is 0 Å². The van der Waals surface area contributed by atoms with Crippen LogP contribution < -0.4 is 5.32 Å². The van der Waals surface area contributed by atoms with Crippen molar-refractivity contribution in [2.45, 2.75) is 70.5 Å². The smallest absolute Gasteiger partial charge is 0.0710 e. The number of hydrogen-bond donors (Lipinski definition) is 1. The Morgan fingerprint density at radius 1 is 0.944 bits per heavy atom. The fourth-order valence-electron chi connectivity index (χ4n) is 2.53. The van der Waals surface area contributed by atoms with E-state index in [0.29, 0.717) is 0 Å². The highest BCUT2D eigenvalue weighted by atomic mass is 28.3. The van der Waals surface area contributed by atoms with E-state index in [4.69, 9.17) is 0 Å². The largest absolute Gasteiger partial charge is 0.317 e. The van der Waals surface area contributed by atoms with Crippen LogP contribution in [0, 0.1) is 0 Å². The van der Waals surface area contributed by atoms with Crippen LogP contribution in [-0.4, -0.2) is 29.2 Å². The van der Waals surface area contributed by atoms with Crippen LogP contribution in [-0.2, 0) is 0 Å². The fraction of sp³-hybridized carbons (Fsp3) is 0.867. The van der Waals surface area contributed by atoms with Gasteiger partial charge in [-0.3, -0.25) is 0 Å². The van der Waals surface area contributed by atoms with Crippen molar-refractivity contribution in [3.63, 3.8) is 0 Å². The van der Waals surface area contributed by atoms with Gasteiger partial charge in [0.05, 0.1) is 16.1 Å². The Bertz CT molecular complexity index is 214. The topological polar surface area (TPSA) is 12.0 Å². The minimum atomic E-state index is -1.06. The number of rotatable bonds is 11. The van der Waals surface area contributed by atoms with Gasteiger partial charge in [0.1, 0.15) is 0 Å². The summed E-state index contributed by atoms with van der Waals surface area (Å²) in [6, 6.07) is 7.22. The second-order valence-electron chi connectivity index (χ2n) is 6.36. The zero-order chi connectivity index (χ0) is 14.1. The second kappa shape index (κ2) is 9.10. The van der Waals surface area contributed by atoms with E-state index in [1.807, 2.05) is 0 Å². The molecule has 0 aromatic rings. The molecule has 18 heavy (non-hydrogen) atoms. The van der Waals surface area contributed by atoms with E-state index in [9.17, 15) is 0 Å². The molecule has 108 valence electrons. The molecule has 0 aliphatic heterocycles. The molecule has 0 amide bonds. The van der Waals surface area contributed by atoms with Crippen LogP contribution in [0.4, 0.5) is 0 Å². The predicted molar refractivity (Wildman–Crippen MR) is 92.0 cm³/mol. The highest BCUT2D eigenvalue weighted by molar-refractivity contribution is 6.82. The summed E-state index contributed by atoms with van der Waals surface area (Å²) in [6.45, 7) is 18.4. The van der Waals surface area contributed by atoms with Crippen molar-refractivity contribution in [2.24, 2.45) is 0 Å². The summed E-state index contributed by atoms with van der Waals surface area (Å²) in [5.74, 6) is 0. The van der Waals surface area contributed by atoms with Gasteiger partial charge in [-0.25, -0.2) is 0 Å². The molecule has 0 bridgehead atoms. The molecule has 0 saturated carbocycles. The summed E-state index contributed by atoms with van der Waals surface area (Å²) in [6.07, 6.45) is 1.32. The van der Waals surface area contributed by atoms with Crippen molar-refractivity contribution in [3.8, 4) is 0 Å². The molecule has 0 radical (unpaired) electrons. The molecule has 0 rings (SSSR count). The highest BCUT2D eigenvalue weighted by Gasteiger charge is 2.25. The lowest BCUT2D eigenvalue weighted by atomic mass is 10.5. The standard InChI is InChI=1S/C15H35NSi2/c1-7-17(5,6)14-11-12-16-13-15-18(8-2,9-3)10-4/h7,16H,1,8-15H2,2-6H3. The van der Waals surface area contributed by atoms with Gasteiger partial charge in [-0.2, -0.15) is 0 Å². The SMILES string of the molecule is C=C[Si](C)(C)CCCNCC[Si](CC)(CC)CC. The average Bonchev–Trinajstić information content (AvgIpc) is 2.39. The Kier molecular flexibility index (Phi) is 9.17. The van der Waals surface area contributed by atoms with Crippen molar-refractivity contribution < 1.29 is 0 Å². The lowest BCUT2D eigenvalue weighted by molar-refractivity contribution is 0.692. The fourth-order valence-corrected chi connectivity index (χ4v) is 7.09. The molecule has 0 heterocycles. The Morgan fingerprint density at radius 2 is 1.50 bits per heavy atom. The monoisotopic (exact) mass is 285 g/mol. The minimum absolute atomic E-state index is 0.891. The van der Waals surface area contributed by atoms with Gasteiger partial charge in [-0.1, -0.05) is 58.0 Å². The third-order valence-corrected chi connectivity index (χ3v) is 13.4. The van der Waals surface area contributed by atoms with Crippen molar-refractivity contribution >= 4 is 16.1 Å². The number of nitrogens with one attached hydrogen (secondary N) is 1. The molecule has 0 saturated heterocycles. The molecule has 1 N–H and O–H groups in total. The van der Waals surface area contributed by atoms with Gasteiger partial charge in [-0.05, 0) is 25.6 Å². The first kappa shape index (κ1) is 18.1. The third-order valence-electron chi connectivity index (χ3n) is 4.81. The summed E-state index contributed by atoms with van der Waals surface area (Å²) in [4.78, 5) is 0. The van der Waals surface area contributed by atoms with Crippen molar-refractivity contribution in [3.05, 3.63) is 12.3 Å². The minimum Gasteiger partial charge on any atom is -0.317 e. The maximum Gasteiger partial charge on any atom is 0.0710 e. The second-order valence-corrected chi connectivity index (χ2v) is 16.9. The van der Waals surface area contributed by atoms with Gasteiger partial charge in [0.25, 0.3) is 0 Å². The maximum atomic E-state index is 3.96. The van der Waals surface area contributed by atoms with Crippen LogP contribution in [0.3, 0.4) is 0 Å². The summed E-state index contributed by atoms with van der Waals surface area (Å²) < 4.78 is 0. The van der Waals surface area contributed by atoms with Crippen molar-refractivity contribution in [1.82, 2.24) is 5.32 Å². The molecule has 0 atom stereocenters. The average molecular weight is 286 g/mol. The van der Waals surface area contributed by atoms with Crippen LogP contribution >= 0.6 is 0 Å². The van der Waals surface area contributed by atoms with Gasteiger partial charge in [0.2, 0.25) is 0 Å². The first-order valence-corrected chi connectivity index (χ1v) is 13.9. The first-order valence-electron chi connectivity index (χ1n) is 7.79. The molecule has 0 aromatic carbocycles. The lowest BCUT2D eigenvalue weighted by Crippen LogP contribution is -2.35. The van der Waals surface area contributed by atoms with Gasteiger partial charge >= 0.3 is 0 Å². The normalized spacial score (nSPS) is 12.7. The Hall–Kier alpha value is 0.134. The molecule has 3 heteroatoms. The Balaban J connectivity index is 3.71. The zero-order valence-corrected chi connectivity index (χ0v) is 15.4. The summed E-state index contributed by atoms with van der Waals surface area (Å²) in [5, 5.41) is 3.66. The highest BCUT2D eigenvalue weighted by Crippen LogP contribution is 2.24. The summed E-state index contributed by atoms with van der Waals surface area (Å²) in [5.41, 5.74) is 2.22. The van der Waals surface area contributed by atoms with Gasteiger partial charge in [-0.15, -0.1) is 12.3 Å². The molecule has 0 unspecified atom stereocenters. The molecular weight excluding hydrogens is 250 g/mol. The predicted octanol–water partition coefficient (Wildman–Crippen LogP) is 4.91. The first-order chi connectivity index (χ1) is 8.45. The molecular formula is C15H35NSi2. The van der Waals surface area contributed by atoms with Crippen molar-refractivity contribution in [1.29, 1.82) is 0 Å². The van der Waals surface area contributed by atoms with E-state index in [0.717, 1.165) is 0 Å². The Morgan fingerprint density at radius 3 is 1.94 bits per heavy atom. The molecule has 0 aliphatic carbocycles. The molecule has 0 fully saturated rings.